The van der Waals surface area contributed by atoms with Crippen LogP contribution in [0.2, 0.25) is 0 Å². The van der Waals surface area contributed by atoms with Crippen molar-refractivity contribution in [1.29, 1.82) is 0 Å². The quantitative estimate of drug-likeness (QED) is 0.707. The molecule has 1 unspecified atom stereocenters. The third-order valence-corrected chi connectivity index (χ3v) is 3.21. The van der Waals surface area contributed by atoms with Crippen molar-refractivity contribution in [3.05, 3.63) is 48.2 Å². The molecule has 1 heterocycles. The van der Waals surface area contributed by atoms with Gasteiger partial charge in [-0.2, -0.15) is 0 Å². The lowest BCUT2D eigenvalue weighted by Gasteiger charge is -2.00. The number of hydrogen-bond donors (Lipinski definition) is 0. The maximum absolute atomic E-state index is 4.39. The van der Waals surface area contributed by atoms with Crippen LogP contribution < -0.4 is 0 Å². The van der Waals surface area contributed by atoms with Crippen LogP contribution in [0.1, 0.15) is 12.0 Å². The summed E-state index contributed by atoms with van der Waals surface area (Å²) in [7, 11) is -0.205. The van der Waals surface area contributed by atoms with Crippen LogP contribution in [-0.4, -0.2) is 6.21 Å². The van der Waals surface area contributed by atoms with E-state index >= 15 is 0 Å². The van der Waals surface area contributed by atoms with Gasteiger partial charge in [-0.3, -0.25) is 0 Å². The molecule has 2 nitrogen and oxygen atoms in total. The van der Waals surface area contributed by atoms with Gasteiger partial charge in [0, 0.05) is 29.7 Å². The molecule has 0 radical (unpaired) electrons. The van der Waals surface area contributed by atoms with E-state index in [1.54, 1.807) is 0 Å². The third-order valence-electron chi connectivity index (χ3n) is 1.86. The molecule has 0 fully saturated rings. The first kappa shape index (κ1) is 9.34. The van der Waals surface area contributed by atoms with E-state index in [-0.39, 0.29) is 10.9 Å². The largest absolute Gasteiger partial charge is 0.218 e. The van der Waals surface area contributed by atoms with Gasteiger partial charge in [0.2, 0.25) is 0 Å². The Hall–Kier alpha value is -1.22. The molecular formula is C11H12N2S. The Morgan fingerprint density at radius 3 is 2.93 bits per heavy atom. The molecule has 1 aliphatic rings. The fraction of sp³-hybridized carbons (Fsp3) is 0.182. The summed E-state index contributed by atoms with van der Waals surface area (Å²) in [5.41, 5.74) is 1.30. The first-order chi connectivity index (χ1) is 6.95. The summed E-state index contributed by atoms with van der Waals surface area (Å²) in [6.07, 6.45) is 6.75. The maximum atomic E-state index is 4.39. The lowest BCUT2D eigenvalue weighted by Crippen LogP contribution is -1.90. The fourth-order valence-electron chi connectivity index (χ4n) is 1.19. The average molecular weight is 204 g/mol. The predicted octanol–water partition coefficient (Wildman–Crippen LogP) is 2.89. The summed E-state index contributed by atoms with van der Waals surface area (Å²) in [6.45, 7) is 0. The Morgan fingerprint density at radius 2 is 2.07 bits per heavy atom. The summed E-state index contributed by atoms with van der Waals surface area (Å²) in [5, 5.41) is 0. The molecule has 1 atom stereocenters. The summed E-state index contributed by atoms with van der Waals surface area (Å²) in [4.78, 5) is 0. The van der Waals surface area contributed by atoms with Gasteiger partial charge in [-0.05, 0) is 5.56 Å². The standard InChI is InChI=1S/C11H12N2S/c1-2-6-11(7-3-1)10-14-12-8-4-5-9-13-14/h1-4,6-9H,5,10H2. The van der Waals surface area contributed by atoms with Gasteiger partial charge >= 0.3 is 0 Å². The molecule has 14 heavy (non-hydrogen) atoms. The van der Waals surface area contributed by atoms with Crippen LogP contribution in [0.5, 0.6) is 0 Å². The van der Waals surface area contributed by atoms with Crippen molar-refractivity contribution >= 4 is 17.1 Å². The lowest BCUT2D eigenvalue weighted by atomic mass is 10.2. The summed E-state index contributed by atoms with van der Waals surface area (Å²) in [5.74, 6) is 0.918. The molecule has 1 aliphatic heterocycles. The summed E-state index contributed by atoms with van der Waals surface area (Å²) >= 11 is 0. The SMILES string of the molecule is C1=CN=S(Cc2ccccc2)N=CC1. The minimum Gasteiger partial charge on any atom is -0.218 e. The maximum Gasteiger partial charge on any atom is 0.0503 e. The van der Waals surface area contributed by atoms with Crippen molar-refractivity contribution in [2.45, 2.75) is 12.2 Å². The smallest absolute Gasteiger partial charge is 0.0503 e. The minimum absolute atomic E-state index is 0.205. The van der Waals surface area contributed by atoms with Gasteiger partial charge in [-0.25, -0.2) is 8.76 Å². The van der Waals surface area contributed by atoms with E-state index in [2.05, 4.69) is 33.0 Å². The van der Waals surface area contributed by atoms with Crippen LogP contribution >= 0.6 is 0 Å². The predicted molar refractivity (Wildman–Crippen MR) is 62.2 cm³/mol. The van der Waals surface area contributed by atoms with Gasteiger partial charge in [0.1, 0.15) is 0 Å². The molecule has 3 heteroatoms. The number of rotatable bonds is 2. The Labute approximate surface area is 86.6 Å². The highest BCUT2D eigenvalue weighted by Gasteiger charge is 1.96. The Morgan fingerprint density at radius 1 is 1.21 bits per heavy atom. The van der Waals surface area contributed by atoms with E-state index in [0.717, 1.165) is 12.2 Å². The van der Waals surface area contributed by atoms with E-state index in [1.165, 1.54) is 5.56 Å². The van der Waals surface area contributed by atoms with Gasteiger partial charge in [0.25, 0.3) is 0 Å². The van der Waals surface area contributed by atoms with Crippen LogP contribution in [0.3, 0.4) is 0 Å². The van der Waals surface area contributed by atoms with Crippen molar-refractivity contribution in [1.82, 2.24) is 0 Å². The first-order valence-electron chi connectivity index (χ1n) is 4.58. The van der Waals surface area contributed by atoms with E-state index in [1.807, 2.05) is 24.6 Å². The van der Waals surface area contributed by atoms with Gasteiger partial charge in [0.05, 0.1) is 5.75 Å². The lowest BCUT2D eigenvalue weighted by molar-refractivity contribution is 1.39. The molecule has 72 valence electrons. The van der Waals surface area contributed by atoms with Crippen molar-refractivity contribution < 1.29 is 0 Å². The van der Waals surface area contributed by atoms with E-state index < -0.39 is 0 Å². The van der Waals surface area contributed by atoms with Crippen molar-refractivity contribution in [3.8, 4) is 0 Å². The molecule has 1 aromatic carbocycles. The zero-order valence-corrected chi connectivity index (χ0v) is 8.65. The monoisotopic (exact) mass is 204 g/mol. The van der Waals surface area contributed by atoms with Gasteiger partial charge in [0.15, 0.2) is 0 Å². The van der Waals surface area contributed by atoms with Gasteiger partial charge < -0.3 is 0 Å². The van der Waals surface area contributed by atoms with Gasteiger partial charge in [-0.1, -0.05) is 36.4 Å². The molecule has 1 aromatic rings. The molecule has 0 amide bonds. The molecule has 0 aliphatic carbocycles. The van der Waals surface area contributed by atoms with E-state index in [0.29, 0.717) is 0 Å². The zero-order valence-electron chi connectivity index (χ0n) is 7.84. The second kappa shape index (κ2) is 4.86. The Kier molecular flexibility index (Phi) is 3.24. The highest BCUT2D eigenvalue weighted by atomic mass is 32.2. The van der Waals surface area contributed by atoms with E-state index in [9.17, 15) is 0 Å². The van der Waals surface area contributed by atoms with Crippen molar-refractivity contribution in [2.75, 3.05) is 0 Å². The third kappa shape index (κ3) is 2.64. The highest BCUT2D eigenvalue weighted by molar-refractivity contribution is 7.85. The number of benzene rings is 1. The molecule has 0 aromatic heterocycles. The molecule has 2 rings (SSSR count). The summed E-state index contributed by atoms with van der Waals surface area (Å²) < 4.78 is 8.76. The second-order valence-corrected chi connectivity index (χ2v) is 4.37. The fourth-order valence-corrected chi connectivity index (χ4v) is 2.37. The molecule has 0 saturated heterocycles. The van der Waals surface area contributed by atoms with Crippen LogP contribution in [-0.2, 0) is 16.6 Å². The second-order valence-electron chi connectivity index (χ2n) is 2.98. The Bertz CT molecular complexity index is 380. The van der Waals surface area contributed by atoms with Crippen molar-refractivity contribution in [2.24, 2.45) is 8.76 Å². The topological polar surface area (TPSA) is 24.7 Å². The molecule has 0 saturated carbocycles. The van der Waals surface area contributed by atoms with Gasteiger partial charge in [-0.15, -0.1) is 0 Å². The number of allylic oxidation sites excluding steroid dienone is 1. The highest BCUT2D eigenvalue weighted by Crippen LogP contribution is 2.07. The van der Waals surface area contributed by atoms with Crippen LogP contribution in [0.25, 0.3) is 0 Å². The number of nitrogens with zero attached hydrogens (tertiary/aromatic N) is 2. The molecule has 0 spiro atoms. The van der Waals surface area contributed by atoms with Crippen LogP contribution in [0, 0.1) is 0 Å². The average Bonchev–Trinajstić information content (AvgIpc) is 2.48. The normalized spacial score (nSPS) is 20.1. The summed E-state index contributed by atoms with van der Waals surface area (Å²) in [6, 6.07) is 10.4. The Balaban J connectivity index is 2.11. The van der Waals surface area contributed by atoms with E-state index in [4.69, 9.17) is 0 Å². The van der Waals surface area contributed by atoms with Crippen LogP contribution in [0.4, 0.5) is 0 Å². The first-order valence-corrected chi connectivity index (χ1v) is 5.89. The number of hydrogen-bond acceptors (Lipinski definition) is 2. The minimum atomic E-state index is -0.205. The molecular weight excluding hydrogens is 192 g/mol. The molecule has 0 bridgehead atoms. The van der Waals surface area contributed by atoms with Crippen molar-refractivity contribution in [3.63, 3.8) is 0 Å². The van der Waals surface area contributed by atoms with Crippen LogP contribution in [0.15, 0.2) is 51.4 Å². The zero-order chi connectivity index (χ0) is 9.64. The molecule has 0 N–H and O–H groups in total.